The van der Waals surface area contributed by atoms with E-state index in [9.17, 15) is 9.59 Å². The van der Waals surface area contributed by atoms with Crippen molar-refractivity contribution in [2.75, 3.05) is 0 Å². The van der Waals surface area contributed by atoms with Crippen molar-refractivity contribution < 1.29 is 9.59 Å². The molecule has 0 aliphatic heterocycles. The summed E-state index contributed by atoms with van der Waals surface area (Å²) in [5.74, 6) is 3.17. The van der Waals surface area contributed by atoms with Gasteiger partial charge in [-0.05, 0) is 62.2 Å². The van der Waals surface area contributed by atoms with Crippen molar-refractivity contribution in [1.82, 2.24) is 0 Å². The Balaban J connectivity index is 3.05. The van der Waals surface area contributed by atoms with Gasteiger partial charge in [0.1, 0.15) is 0 Å². The van der Waals surface area contributed by atoms with Gasteiger partial charge in [0.25, 0.3) is 0 Å². The first kappa shape index (κ1) is 38.8. The highest BCUT2D eigenvalue weighted by Crippen LogP contribution is 2.44. The number of isocyanates is 2. The van der Waals surface area contributed by atoms with Crippen molar-refractivity contribution in [2.45, 2.75) is 207 Å². The fourth-order valence-electron chi connectivity index (χ4n) is 8.03. The van der Waals surface area contributed by atoms with Crippen LogP contribution in [0.4, 0.5) is 0 Å². The van der Waals surface area contributed by atoms with Crippen molar-refractivity contribution >= 4 is 12.2 Å². The lowest BCUT2D eigenvalue weighted by Gasteiger charge is -2.40. The predicted molar refractivity (Wildman–Crippen MR) is 181 cm³/mol. The van der Waals surface area contributed by atoms with Crippen LogP contribution in [0.15, 0.2) is 9.98 Å². The molecule has 0 aromatic carbocycles. The SMILES string of the molecule is CCCCCCCC(CC)C(CCCC(CCCCC)N=C=O)C(CCCC(CCCCC)N=C=O)C1CCCCC1. The molecule has 4 heteroatoms. The van der Waals surface area contributed by atoms with Gasteiger partial charge in [0.15, 0.2) is 0 Å². The molecule has 244 valence electrons. The van der Waals surface area contributed by atoms with E-state index in [2.05, 4.69) is 37.7 Å². The van der Waals surface area contributed by atoms with E-state index in [0.29, 0.717) is 0 Å². The molecule has 5 unspecified atom stereocenters. The first-order valence-corrected chi connectivity index (χ1v) is 18.8. The van der Waals surface area contributed by atoms with E-state index in [4.69, 9.17) is 0 Å². The minimum atomic E-state index is 0.155. The Morgan fingerprint density at radius 1 is 0.548 bits per heavy atom. The van der Waals surface area contributed by atoms with E-state index in [1.54, 1.807) is 0 Å². The predicted octanol–water partition coefficient (Wildman–Crippen LogP) is 12.1. The third kappa shape index (κ3) is 17.8. The lowest BCUT2D eigenvalue weighted by atomic mass is 9.65. The first-order chi connectivity index (χ1) is 20.6. The van der Waals surface area contributed by atoms with Crippen molar-refractivity contribution in [1.29, 1.82) is 0 Å². The number of hydrogen-bond acceptors (Lipinski definition) is 4. The van der Waals surface area contributed by atoms with Crippen molar-refractivity contribution in [3.63, 3.8) is 0 Å². The Bertz CT molecular complexity index is 706. The van der Waals surface area contributed by atoms with E-state index < -0.39 is 0 Å². The number of carbonyl (C=O) groups excluding carboxylic acids is 2. The summed E-state index contributed by atoms with van der Waals surface area (Å²) in [7, 11) is 0. The minimum absolute atomic E-state index is 0.155. The van der Waals surface area contributed by atoms with Gasteiger partial charge < -0.3 is 0 Å². The molecule has 1 fully saturated rings. The summed E-state index contributed by atoms with van der Waals surface area (Å²) in [5.41, 5.74) is 0. The molecule has 0 bridgehead atoms. The van der Waals surface area contributed by atoms with Gasteiger partial charge in [-0.2, -0.15) is 0 Å². The summed E-state index contributed by atoms with van der Waals surface area (Å²) < 4.78 is 0. The van der Waals surface area contributed by atoms with Crippen LogP contribution >= 0.6 is 0 Å². The molecule has 4 nitrogen and oxygen atoms in total. The maximum atomic E-state index is 11.2. The zero-order valence-electron chi connectivity index (χ0n) is 28.6. The summed E-state index contributed by atoms with van der Waals surface area (Å²) >= 11 is 0. The minimum Gasteiger partial charge on any atom is -0.211 e. The first-order valence-electron chi connectivity index (χ1n) is 18.8. The molecule has 5 atom stereocenters. The van der Waals surface area contributed by atoms with Crippen LogP contribution in [-0.4, -0.2) is 24.2 Å². The zero-order chi connectivity index (χ0) is 30.7. The van der Waals surface area contributed by atoms with E-state index in [0.717, 1.165) is 49.4 Å². The maximum absolute atomic E-state index is 11.2. The van der Waals surface area contributed by atoms with E-state index in [1.165, 1.54) is 141 Å². The zero-order valence-corrected chi connectivity index (χ0v) is 28.6. The van der Waals surface area contributed by atoms with Gasteiger partial charge in [-0.1, -0.05) is 156 Å². The molecule has 0 N–H and O–H groups in total. The van der Waals surface area contributed by atoms with Crippen LogP contribution in [0.3, 0.4) is 0 Å². The van der Waals surface area contributed by atoms with Crippen molar-refractivity contribution in [2.24, 2.45) is 33.7 Å². The third-order valence-electron chi connectivity index (χ3n) is 10.5. The summed E-state index contributed by atoms with van der Waals surface area (Å²) in [6.45, 7) is 9.21. The Morgan fingerprint density at radius 3 is 1.55 bits per heavy atom. The van der Waals surface area contributed by atoms with Gasteiger partial charge in [0.05, 0.1) is 12.1 Å². The van der Waals surface area contributed by atoms with Crippen LogP contribution < -0.4 is 0 Å². The molecule has 1 saturated carbocycles. The Kier molecular flexibility index (Phi) is 25.2. The second-order valence-electron chi connectivity index (χ2n) is 13.7. The van der Waals surface area contributed by atoms with Crippen molar-refractivity contribution in [3.8, 4) is 0 Å². The van der Waals surface area contributed by atoms with Gasteiger partial charge in [0.2, 0.25) is 12.2 Å². The number of unbranched alkanes of at least 4 members (excludes halogenated alkanes) is 8. The molecule has 0 amide bonds. The molecule has 0 aromatic rings. The molecule has 0 heterocycles. The fourth-order valence-corrected chi connectivity index (χ4v) is 8.03. The highest BCUT2D eigenvalue weighted by atomic mass is 16.1. The third-order valence-corrected chi connectivity index (χ3v) is 10.5. The van der Waals surface area contributed by atoms with Gasteiger partial charge in [-0.15, -0.1) is 0 Å². The monoisotopic (exact) mass is 587 g/mol. The second kappa shape index (κ2) is 27.3. The summed E-state index contributed by atoms with van der Waals surface area (Å²) in [6.07, 6.45) is 36.5. The van der Waals surface area contributed by atoms with Crippen LogP contribution in [0.2, 0.25) is 0 Å². The summed E-state index contributed by atoms with van der Waals surface area (Å²) in [5, 5.41) is 0. The quantitative estimate of drug-likeness (QED) is 0.0520. The molecule has 0 radical (unpaired) electrons. The van der Waals surface area contributed by atoms with Gasteiger partial charge in [-0.3, -0.25) is 0 Å². The molecule has 1 aliphatic rings. The lowest BCUT2D eigenvalue weighted by Crippen LogP contribution is -2.31. The number of aliphatic imine (C=N–C) groups is 2. The van der Waals surface area contributed by atoms with Crippen LogP contribution in [0.25, 0.3) is 0 Å². The average Bonchev–Trinajstić information content (AvgIpc) is 3.01. The summed E-state index contributed by atoms with van der Waals surface area (Å²) in [4.78, 5) is 30.8. The Labute approximate surface area is 261 Å². The van der Waals surface area contributed by atoms with E-state index in [-0.39, 0.29) is 12.1 Å². The average molecular weight is 587 g/mol. The molecular formula is C38H70N2O2. The Morgan fingerprint density at radius 2 is 1.02 bits per heavy atom. The molecule has 0 aromatic heterocycles. The smallest absolute Gasteiger partial charge is 0.211 e. The molecule has 1 rings (SSSR count). The number of nitrogens with zero attached hydrogens (tertiary/aromatic N) is 2. The normalized spacial score (nSPS) is 17.5. The standard InChI is InChI=1S/C38H70N2O2/c1-5-9-12-13-17-22-33(8-4)37(29-20-27-35(39-31-41)25-15-10-6-2)38(34-23-18-14-19-24-34)30-21-28-36(40-32-42)26-16-11-7-3/h33-38H,5-30H2,1-4H3. The summed E-state index contributed by atoms with van der Waals surface area (Å²) in [6, 6.07) is 0.312. The molecule has 1 aliphatic carbocycles. The highest BCUT2D eigenvalue weighted by molar-refractivity contribution is 5.33. The number of rotatable bonds is 28. The molecule has 0 spiro atoms. The molecule has 42 heavy (non-hydrogen) atoms. The second-order valence-corrected chi connectivity index (χ2v) is 13.7. The fraction of sp³-hybridized carbons (Fsp3) is 0.947. The van der Waals surface area contributed by atoms with Crippen LogP contribution in [0.5, 0.6) is 0 Å². The van der Waals surface area contributed by atoms with Crippen LogP contribution in [0, 0.1) is 23.7 Å². The lowest BCUT2D eigenvalue weighted by molar-refractivity contribution is 0.0985. The van der Waals surface area contributed by atoms with Crippen LogP contribution in [-0.2, 0) is 9.59 Å². The van der Waals surface area contributed by atoms with Gasteiger partial charge >= 0.3 is 0 Å². The highest BCUT2D eigenvalue weighted by Gasteiger charge is 2.34. The van der Waals surface area contributed by atoms with Crippen molar-refractivity contribution in [3.05, 3.63) is 0 Å². The van der Waals surface area contributed by atoms with E-state index >= 15 is 0 Å². The largest absolute Gasteiger partial charge is 0.235 e. The van der Waals surface area contributed by atoms with E-state index in [1.807, 2.05) is 12.2 Å². The Hall–Kier alpha value is -1.24. The van der Waals surface area contributed by atoms with Gasteiger partial charge in [0, 0.05) is 0 Å². The molecular weight excluding hydrogens is 516 g/mol. The maximum Gasteiger partial charge on any atom is 0.235 e. The van der Waals surface area contributed by atoms with Crippen LogP contribution in [0.1, 0.15) is 195 Å². The topological polar surface area (TPSA) is 58.9 Å². The van der Waals surface area contributed by atoms with Gasteiger partial charge in [-0.25, -0.2) is 19.6 Å². The molecule has 0 saturated heterocycles. The number of hydrogen-bond donors (Lipinski definition) is 0.